The summed E-state index contributed by atoms with van der Waals surface area (Å²) < 4.78 is 4.67. The van der Waals surface area contributed by atoms with Gasteiger partial charge in [-0.25, -0.2) is 14.6 Å². The highest BCUT2D eigenvalue weighted by atomic mass is 16.5. The minimum Gasteiger partial charge on any atom is -0.493 e. The average Bonchev–Trinajstić information content (AvgIpc) is 2.16. The topological polar surface area (TPSA) is 96.7 Å². The Labute approximate surface area is 78.8 Å². The molecule has 2 N–H and O–H groups in total. The lowest BCUT2D eigenvalue weighted by molar-refractivity contribution is 0.0685. The summed E-state index contributed by atoms with van der Waals surface area (Å²) >= 11 is 0. The normalized spacial score (nSPS) is 9.50. The molecule has 0 bridgehead atoms. The lowest BCUT2D eigenvalue weighted by atomic mass is 10.2. The summed E-state index contributed by atoms with van der Waals surface area (Å²) in [6.07, 6.45) is 1.11. The van der Waals surface area contributed by atoms with Gasteiger partial charge >= 0.3 is 11.9 Å². The number of aromatic nitrogens is 1. The lowest BCUT2D eigenvalue weighted by Gasteiger charge is -2.06. The largest absolute Gasteiger partial charge is 0.493 e. The van der Waals surface area contributed by atoms with E-state index in [1.807, 2.05) is 0 Å². The molecule has 0 amide bonds. The SMILES string of the molecule is COc1c(C(=O)O)ccnc1C(=O)O. The van der Waals surface area contributed by atoms with E-state index in [9.17, 15) is 9.59 Å². The van der Waals surface area contributed by atoms with Crippen molar-refractivity contribution in [2.24, 2.45) is 0 Å². The van der Waals surface area contributed by atoms with Crippen molar-refractivity contribution in [2.45, 2.75) is 0 Å². The molecule has 1 heterocycles. The van der Waals surface area contributed by atoms with Crippen LogP contribution in [0, 0.1) is 0 Å². The Morgan fingerprint density at radius 1 is 1.36 bits per heavy atom. The molecule has 1 aromatic heterocycles. The van der Waals surface area contributed by atoms with Crippen molar-refractivity contribution in [3.05, 3.63) is 23.5 Å². The van der Waals surface area contributed by atoms with Gasteiger partial charge in [0.05, 0.1) is 7.11 Å². The molecule has 0 saturated carbocycles. The van der Waals surface area contributed by atoms with Crippen molar-refractivity contribution in [1.29, 1.82) is 0 Å². The van der Waals surface area contributed by atoms with Gasteiger partial charge in [0.25, 0.3) is 0 Å². The third-order valence-electron chi connectivity index (χ3n) is 1.54. The second-order valence-electron chi connectivity index (χ2n) is 2.35. The van der Waals surface area contributed by atoms with E-state index in [1.54, 1.807) is 0 Å². The fraction of sp³-hybridized carbons (Fsp3) is 0.125. The average molecular weight is 197 g/mol. The number of hydrogen-bond acceptors (Lipinski definition) is 4. The first-order valence-corrected chi connectivity index (χ1v) is 3.57. The highest BCUT2D eigenvalue weighted by molar-refractivity contribution is 5.97. The smallest absolute Gasteiger partial charge is 0.358 e. The van der Waals surface area contributed by atoms with Crippen LogP contribution in [-0.4, -0.2) is 34.2 Å². The maximum absolute atomic E-state index is 10.7. The molecule has 1 aromatic rings. The van der Waals surface area contributed by atoms with Gasteiger partial charge in [0.15, 0.2) is 11.4 Å². The van der Waals surface area contributed by atoms with E-state index in [4.69, 9.17) is 10.2 Å². The van der Waals surface area contributed by atoms with Gasteiger partial charge in [-0.15, -0.1) is 0 Å². The monoisotopic (exact) mass is 197 g/mol. The fourth-order valence-electron chi connectivity index (χ4n) is 0.976. The zero-order valence-corrected chi connectivity index (χ0v) is 7.22. The summed E-state index contributed by atoms with van der Waals surface area (Å²) in [5, 5.41) is 17.4. The first-order chi connectivity index (χ1) is 6.57. The van der Waals surface area contributed by atoms with Gasteiger partial charge < -0.3 is 14.9 Å². The molecule has 0 unspecified atom stereocenters. The molecular weight excluding hydrogens is 190 g/mol. The molecule has 1 rings (SSSR count). The number of carbonyl (C=O) groups is 2. The lowest BCUT2D eigenvalue weighted by Crippen LogP contribution is -2.09. The van der Waals surface area contributed by atoms with Crippen molar-refractivity contribution in [3.8, 4) is 5.75 Å². The highest BCUT2D eigenvalue weighted by Crippen LogP contribution is 2.21. The summed E-state index contributed by atoms with van der Waals surface area (Å²) in [5.74, 6) is -2.83. The van der Waals surface area contributed by atoms with Gasteiger partial charge in [0.2, 0.25) is 0 Å². The molecule has 0 aliphatic rings. The van der Waals surface area contributed by atoms with Crippen LogP contribution in [-0.2, 0) is 0 Å². The molecule has 14 heavy (non-hydrogen) atoms. The van der Waals surface area contributed by atoms with E-state index >= 15 is 0 Å². The van der Waals surface area contributed by atoms with Crippen LogP contribution in [0.2, 0.25) is 0 Å². The number of aromatic carboxylic acids is 2. The Balaban J connectivity index is 3.39. The summed E-state index contributed by atoms with van der Waals surface area (Å²) in [6, 6.07) is 1.17. The molecule has 74 valence electrons. The molecule has 0 aliphatic carbocycles. The number of rotatable bonds is 3. The molecule has 0 saturated heterocycles. The fourth-order valence-corrected chi connectivity index (χ4v) is 0.976. The third-order valence-corrected chi connectivity index (χ3v) is 1.54. The van der Waals surface area contributed by atoms with Crippen LogP contribution in [0.4, 0.5) is 0 Å². The Morgan fingerprint density at radius 3 is 2.43 bits per heavy atom. The van der Waals surface area contributed by atoms with Gasteiger partial charge in [-0.1, -0.05) is 0 Å². The van der Waals surface area contributed by atoms with Crippen LogP contribution in [0.5, 0.6) is 5.75 Å². The zero-order valence-electron chi connectivity index (χ0n) is 7.22. The van der Waals surface area contributed by atoms with E-state index in [0.717, 1.165) is 6.20 Å². The minimum atomic E-state index is -1.33. The second kappa shape index (κ2) is 3.73. The van der Waals surface area contributed by atoms with Crippen LogP contribution >= 0.6 is 0 Å². The number of nitrogens with zero attached hydrogens (tertiary/aromatic N) is 1. The summed E-state index contributed by atoms with van der Waals surface area (Å²) in [5.41, 5.74) is -0.632. The van der Waals surface area contributed by atoms with Gasteiger partial charge in [-0.2, -0.15) is 0 Å². The number of hydrogen-bond donors (Lipinski definition) is 2. The molecule has 0 radical (unpaired) electrons. The molecule has 0 aliphatic heterocycles. The highest BCUT2D eigenvalue weighted by Gasteiger charge is 2.19. The standard InChI is InChI=1S/C8H7NO5/c1-14-6-4(7(10)11)2-3-9-5(6)8(12)13/h2-3H,1H3,(H,10,11)(H,12,13). The Morgan fingerprint density at radius 2 is 2.00 bits per heavy atom. The van der Waals surface area contributed by atoms with Crippen LogP contribution in [0.3, 0.4) is 0 Å². The molecule has 0 aromatic carbocycles. The third kappa shape index (κ3) is 1.63. The zero-order chi connectivity index (χ0) is 10.7. The quantitative estimate of drug-likeness (QED) is 0.731. The van der Waals surface area contributed by atoms with E-state index in [0.29, 0.717) is 0 Å². The van der Waals surface area contributed by atoms with Crippen molar-refractivity contribution < 1.29 is 24.5 Å². The van der Waals surface area contributed by atoms with Crippen molar-refractivity contribution in [3.63, 3.8) is 0 Å². The van der Waals surface area contributed by atoms with Crippen LogP contribution in [0.25, 0.3) is 0 Å². The maximum atomic E-state index is 10.7. The Hall–Kier alpha value is -2.11. The van der Waals surface area contributed by atoms with Crippen LogP contribution in [0.1, 0.15) is 20.8 Å². The van der Waals surface area contributed by atoms with E-state index in [1.165, 1.54) is 13.2 Å². The molecular formula is C8H7NO5. The van der Waals surface area contributed by atoms with Gasteiger partial charge in [-0.05, 0) is 6.07 Å². The van der Waals surface area contributed by atoms with Gasteiger partial charge in [0, 0.05) is 6.20 Å². The van der Waals surface area contributed by atoms with E-state index in [2.05, 4.69) is 9.72 Å². The predicted molar refractivity (Wildman–Crippen MR) is 44.7 cm³/mol. The molecule has 0 spiro atoms. The summed E-state index contributed by atoms with van der Waals surface area (Å²) in [7, 11) is 1.19. The summed E-state index contributed by atoms with van der Waals surface area (Å²) in [4.78, 5) is 24.8. The minimum absolute atomic E-state index is 0.222. The molecule has 0 atom stereocenters. The van der Waals surface area contributed by atoms with Crippen molar-refractivity contribution in [1.82, 2.24) is 4.98 Å². The van der Waals surface area contributed by atoms with Gasteiger partial charge in [0.1, 0.15) is 5.56 Å². The Kier molecular flexibility index (Phi) is 2.66. The number of carboxylic acid groups (broad SMARTS) is 2. The predicted octanol–water partition coefficient (Wildman–Crippen LogP) is 0.487. The maximum Gasteiger partial charge on any atom is 0.358 e. The number of pyridine rings is 1. The van der Waals surface area contributed by atoms with E-state index in [-0.39, 0.29) is 11.3 Å². The first kappa shape index (κ1) is 9.97. The van der Waals surface area contributed by atoms with Crippen molar-refractivity contribution >= 4 is 11.9 Å². The van der Waals surface area contributed by atoms with Crippen LogP contribution in [0.15, 0.2) is 12.3 Å². The Bertz CT molecular complexity index is 355. The molecule has 6 heteroatoms. The van der Waals surface area contributed by atoms with E-state index < -0.39 is 17.6 Å². The number of carboxylic acids is 2. The van der Waals surface area contributed by atoms with Gasteiger partial charge in [-0.3, -0.25) is 0 Å². The van der Waals surface area contributed by atoms with Crippen LogP contribution < -0.4 is 4.74 Å². The second-order valence-corrected chi connectivity index (χ2v) is 2.35. The first-order valence-electron chi connectivity index (χ1n) is 3.57. The number of methoxy groups -OCH3 is 1. The van der Waals surface area contributed by atoms with Crippen molar-refractivity contribution in [2.75, 3.05) is 7.11 Å². The molecule has 6 nitrogen and oxygen atoms in total. The number of ether oxygens (including phenoxy) is 1. The summed E-state index contributed by atoms with van der Waals surface area (Å²) in [6.45, 7) is 0. The molecule has 0 fully saturated rings.